The second-order valence-corrected chi connectivity index (χ2v) is 7.95. The molecule has 0 rings (SSSR count). The van der Waals surface area contributed by atoms with Gasteiger partial charge in [0.05, 0.1) is 12.7 Å². The quantitative estimate of drug-likeness (QED) is 0.193. The molecule has 0 aliphatic rings. The summed E-state index contributed by atoms with van der Waals surface area (Å²) in [6.07, 6.45) is 13.2. The van der Waals surface area contributed by atoms with Gasteiger partial charge in [-0.25, -0.2) is 4.57 Å². The first-order valence-corrected chi connectivity index (χ1v) is 10.9. The Morgan fingerprint density at radius 1 is 1.00 bits per heavy atom. The van der Waals surface area contributed by atoms with E-state index in [-0.39, 0.29) is 43.7 Å². The summed E-state index contributed by atoms with van der Waals surface area (Å²) in [5.41, 5.74) is 0. The number of phosphoric acid groups is 1. The van der Waals surface area contributed by atoms with Gasteiger partial charge in [-0.3, -0.25) is 4.52 Å². The van der Waals surface area contributed by atoms with E-state index >= 15 is 0 Å². The molecule has 25 heavy (non-hydrogen) atoms. The predicted octanol–water partition coefficient (Wildman–Crippen LogP) is 0.816. The van der Waals surface area contributed by atoms with Gasteiger partial charge in [-0.2, -0.15) is 0 Å². The Bertz CT molecular complexity index is 336. The third kappa shape index (κ3) is 23.0. The van der Waals surface area contributed by atoms with Gasteiger partial charge >= 0.3 is 37.4 Å². The van der Waals surface area contributed by atoms with Gasteiger partial charge in [0.2, 0.25) is 0 Å². The maximum Gasteiger partial charge on any atom is 1.00 e. The van der Waals surface area contributed by atoms with Crippen molar-refractivity contribution in [2.24, 2.45) is 0 Å². The number of hydrogen-bond acceptors (Lipinski definition) is 4. The van der Waals surface area contributed by atoms with Crippen molar-refractivity contribution >= 4 is 7.82 Å². The smallest absolute Gasteiger partial charge is 1.00 e. The Hall–Kier alpha value is 1.03. The molecule has 8 heteroatoms. The minimum atomic E-state index is -4.38. The molecule has 0 aromatic heterocycles. The van der Waals surface area contributed by atoms with Gasteiger partial charge in [-0.05, 0) is 13.5 Å². The number of rotatable bonds is 17. The maximum atomic E-state index is 10.6. The summed E-state index contributed by atoms with van der Waals surface area (Å²) in [4.78, 5) is 19.0. The number of unbranched alkanes of at least 4 members (excludes halogenated alkanes) is 9. The molecule has 0 aliphatic heterocycles. The fourth-order valence-electron chi connectivity index (χ4n) is 2.73. The molecular formula is C17H39NNaO5P. The summed E-state index contributed by atoms with van der Waals surface area (Å²) >= 11 is 0. The average molecular weight is 391 g/mol. The Balaban J connectivity index is -0.00000264. The molecule has 0 fully saturated rings. The van der Waals surface area contributed by atoms with Crippen LogP contribution in [0, 0.1) is 0 Å². The zero-order chi connectivity index (χ0) is 18.3. The van der Waals surface area contributed by atoms with Crippen molar-refractivity contribution < 1.29 is 55.0 Å². The van der Waals surface area contributed by atoms with Crippen LogP contribution in [-0.4, -0.2) is 52.6 Å². The van der Waals surface area contributed by atoms with Crippen LogP contribution in [0.1, 0.15) is 79.0 Å². The van der Waals surface area contributed by atoms with Crippen LogP contribution in [0.4, 0.5) is 0 Å². The van der Waals surface area contributed by atoms with Crippen LogP contribution in [0.3, 0.4) is 0 Å². The molecule has 1 unspecified atom stereocenters. The SMILES string of the molecule is CCCCCCCCCCCCC(O)CN(C)CCOP(=O)(O)O.[H-].[Na+]. The summed E-state index contributed by atoms with van der Waals surface area (Å²) in [6.45, 7) is 3.09. The van der Waals surface area contributed by atoms with Gasteiger partial charge < -0.3 is 21.2 Å². The first kappa shape index (κ1) is 28.2. The van der Waals surface area contributed by atoms with E-state index < -0.39 is 7.82 Å². The monoisotopic (exact) mass is 391 g/mol. The van der Waals surface area contributed by atoms with Gasteiger partial charge in [-0.15, -0.1) is 0 Å². The van der Waals surface area contributed by atoms with Crippen molar-refractivity contribution in [2.45, 2.75) is 83.7 Å². The van der Waals surface area contributed by atoms with Crippen molar-refractivity contribution in [2.75, 3.05) is 26.7 Å². The van der Waals surface area contributed by atoms with Crippen molar-refractivity contribution in [3.05, 3.63) is 0 Å². The van der Waals surface area contributed by atoms with E-state index in [4.69, 9.17) is 9.79 Å². The fraction of sp³-hybridized carbons (Fsp3) is 1.00. The number of nitrogens with zero attached hydrogens (tertiary/aromatic N) is 1. The predicted molar refractivity (Wildman–Crippen MR) is 99.1 cm³/mol. The number of phosphoric ester groups is 1. The van der Waals surface area contributed by atoms with Crippen LogP contribution in [0.25, 0.3) is 0 Å². The van der Waals surface area contributed by atoms with Crippen LogP contribution in [-0.2, 0) is 9.09 Å². The molecule has 0 saturated heterocycles. The number of aliphatic hydroxyl groups excluding tert-OH is 1. The molecule has 0 aromatic carbocycles. The molecule has 0 aromatic rings. The van der Waals surface area contributed by atoms with E-state index in [0.29, 0.717) is 13.1 Å². The van der Waals surface area contributed by atoms with E-state index in [2.05, 4.69) is 11.4 Å². The van der Waals surface area contributed by atoms with Gasteiger partial charge in [-0.1, -0.05) is 71.1 Å². The van der Waals surface area contributed by atoms with E-state index in [1.165, 1.54) is 51.4 Å². The zero-order valence-corrected chi connectivity index (χ0v) is 19.4. The second kappa shape index (κ2) is 18.4. The van der Waals surface area contributed by atoms with Crippen molar-refractivity contribution in [1.29, 1.82) is 0 Å². The Morgan fingerprint density at radius 2 is 1.48 bits per heavy atom. The van der Waals surface area contributed by atoms with E-state index in [9.17, 15) is 9.67 Å². The summed E-state index contributed by atoms with van der Waals surface area (Å²) in [5.74, 6) is 0. The average Bonchev–Trinajstić information content (AvgIpc) is 2.47. The minimum absolute atomic E-state index is 0. The summed E-state index contributed by atoms with van der Waals surface area (Å²) < 4.78 is 14.9. The second-order valence-electron chi connectivity index (χ2n) is 6.71. The third-order valence-electron chi connectivity index (χ3n) is 4.15. The first-order valence-electron chi connectivity index (χ1n) is 9.42. The Morgan fingerprint density at radius 3 is 1.96 bits per heavy atom. The van der Waals surface area contributed by atoms with Gasteiger partial charge in [0, 0.05) is 13.1 Å². The molecule has 148 valence electrons. The first-order chi connectivity index (χ1) is 11.3. The summed E-state index contributed by atoms with van der Waals surface area (Å²) in [7, 11) is -2.57. The largest absolute Gasteiger partial charge is 1.00 e. The topological polar surface area (TPSA) is 90.2 Å². The molecule has 1 atom stereocenters. The summed E-state index contributed by atoms with van der Waals surface area (Å²) in [5, 5.41) is 9.97. The normalized spacial score (nSPS) is 13.0. The fourth-order valence-corrected chi connectivity index (χ4v) is 3.04. The molecule has 0 spiro atoms. The number of hydrogen-bond donors (Lipinski definition) is 3. The summed E-state index contributed by atoms with van der Waals surface area (Å²) in [6, 6.07) is 0. The molecule has 0 bridgehead atoms. The van der Waals surface area contributed by atoms with E-state index in [1.54, 1.807) is 0 Å². The van der Waals surface area contributed by atoms with Crippen LogP contribution in [0.15, 0.2) is 0 Å². The van der Waals surface area contributed by atoms with Crippen molar-refractivity contribution in [1.82, 2.24) is 4.90 Å². The van der Waals surface area contributed by atoms with Crippen LogP contribution in [0.2, 0.25) is 0 Å². The number of likely N-dealkylation sites (N-methyl/N-ethyl adjacent to an activating group) is 1. The molecule has 0 aliphatic carbocycles. The Labute approximate surface area is 177 Å². The molecule has 0 heterocycles. The molecule has 0 saturated carbocycles. The Kier molecular flexibility index (Phi) is 20.8. The zero-order valence-electron chi connectivity index (χ0n) is 17.5. The standard InChI is InChI=1S/C17H38NO5P.Na.H/c1-3-4-5-6-7-8-9-10-11-12-13-17(19)16-18(2)14-15-23-24(20,21)22;;/h17,19H,3-16H2,1-2H3,(H2,20,21,22);;/q;+1;-1. The van der Waals surface area contributed by atoms with Crippen LogP contribution >= 0.6 is 7.82 Å². The van der Waals surface area contributed by atoms with Gasteiger partial charge in [0.1, 0.15) is 0 Å². The van der Waals surface area contributed by atoms with E-state index in [0.717, 1.165) is 19.3 Å². The molecular weight excluding hydrogens is 352 g/mol. The molecule has 0 amide bonds. The van der Waals surface area contributed by atoms with Crippen molar-refractivity contribution in [3.8, 4) is 0 Å². The van der Waals surface area contributed by atoms with E-state index in [1.807, 2.05) is 11.9 Å². The molecule has 0 radical (unpaired) electrons. The van der Waals surface area contributed by atoms with Gasteiger partial charge in [0.25, 0.3) is 0 Å². The third-order valence-corrected chi connectivity index (χ3v) is 4.66. The maximum absolute atomic E-state index is 10.6. The van der Waals surface area contributed by atoms with Gasteiger partial charge in [0.15, 0.2) is 0 Å². The molecule has 3 N–H and O–H groups in total. The van der Waals surface area contributed by atoms with Crippen molar-refractivity contribution in [3.63, 3.8) is 0 Å². The van der Waals surface area contributed by atoms with Crippen LogP contribution in [0.5, 0.6) is 0 Å². The molecule has 6 nitrogen and oxygen atoms in total. The number of aliphatic hydroxyl groups is 1. The minimum Gasteiger partial charge on any atom is -1.00 e. The van der Waals surface area contributed by atoms with Crippen LogP contribution < -0.4 is 29.6 Å².